The van der Waals surface area contributed by atoms with Gasteiger partial charge < -0.3 is 5.32 Å². The minimum Gasteiger partial charge on any atom is -0.321 e. The molecule has 0 saturated heterocycles. The summed E-state index contributed by atoms with van der Waals surface area (Å²) in [4.78, 5) is 7.01. The van der Waals surface area contributed by atoms with E-state index in [0.29, 0.717) is 11.9 Å². The van der Waals surface area contributed by atoms with Crippen molar-refractivity contribution in [2.24, 2.45) is 0 Å². The summed E-state index contributed by atoms with van der Waals surface area (Å²) in [6.07, 6.45) is -1.02. The van der Waals surface area contributed by atoms with Gasteiger partial charge >= 0.3 is 6.18 Å². The van der Waals surface area contributed by atoms with E-state index in [1.165, 1.54) is 12.4 Å². The lowest BCUT2D eigenvalue weighted by Crippen LogP contribution is -2.09. The molecule has 2 rings (SSSR count). The normalized spacial score (nSPS) is 11.5. The molecule has 0 spiro atoms. The number of anilines is 2. The molecule has 5 nitrogen and oxygen atoms in total. The van der Waals surface area contributed by atoms with Crippen LogP contribution in [0.2, 0.25) is 5.15 Å². The van der Waals surface area contributed by atoms with E-state index in [2.05, 4.69) is 25.5 Å². The highest BCUT2D eigenvalue weighted by atomic mass is 35.5. The van der Waals surface area contributed by atoms with E-state index < -0.39 is 16.9 Å². The van der Waals surface area contributed by atoms with Crippen molar-refractivity contribution < 1.29 is 13.2 Å². The SMILES string of the molecule is FC(F)(F)c1cnc(Nc2cn[nH]c2)nc1Cl. The molecule has 2 aromatic rings. The number of nitrogens with one attached hydrogen (secondary N) is 2. The number of halogens is 4. The molecular formula is C8H5ClF3N5. The molecule has 2 aromatic heterocycles. The predicted octanol–water partition coefficient (Wildman–Crippen LogP) is 2.62. The molecule has 0 bridgehead atoms. The topological polar surface area (TPSA) is 66.5 Å². The zero-order chi connectivity index (χ0) is 12.5. The fraction of sp³-hybridized carbons (Fsp3) is 0.125. The first-order valence-electron chi connectivity index (χ1n) is 4.32. The van der Waals surface area contributed by atoms with Gasteiger partial charge in [0.25, 0.3) is 0 Å². The molecule has 0 atom stereocenters. The lowest BCUT2D eigenvalue weighted by atomic mass is 10.3. The van der Waals surface area contributed by atoms with Crippen molar-refractivity contribution in [2.75, 3.05) is 5.32 Å². The van der Waals surface area contributed by atoms with Gasteiger partial charge in [-0.1, -0.05) is 11.6 Å². The number of aromatic amines is 1. The van der Waals surface area contributed by atoms with Crippen LogP contribution < -0.4 is 5.32 Å². The smallest absolute Gasteiger partial charge is 0.321 e. The van der Waals surface area contributed by atoms with Gasteiger partial charge in [0, 0.05) is 12.4 Å². The maximum absolute atomic E-state index is 12.4. The molecule has 0 amide bonds. The van der Waals surface area contributed by atoms with Crippen molar-refractivity contribution in [1.82, 2.24) is 20.2 Å². The van der Waals surface area contributed by atoms with Gasteiger partial charge in [-0.3, -0.25) is 5.10 Å². The van der Waals surface area contributed by atoms with Gasteiger partial charge in [-0.05, 0) is 0 Å². The lowest BCUT2D eigenvalue weighted by Gasteiger charge is -2.08. The molecule has 90 valence electrons. The number of alkyl halides is 3. The zero-order valence-electron chi connectivity index (χ0n) is 8.09. The Hall–Kier alpha value is -1.83. The predicted molar refractivity (Wildman–Crippen MR) is 53.9 cm³/mol. The van der Waals surface area contributed by atoms with Crippen LogP contribution in [0.5, 0.6) is 0 Å². The summed E-state index contributed by atoms with van der Waals surface area (Å²) >= 11 is 5.42. The van der Waals surface area contributed by atoms with E-state index in [1.54, 1.807) is 0 Å². The fourth-order valence-corrected chi connectivity index (χ4v) is 1.30. The monoisotopic (exact) mass is 263 g/mol. The summed E-state index contributed by atoms with van der Waals surface area (Å²) in [6.45, 7) is 0. The summed E-state index contributed by atoms with van der Waals surface area (Å²) in [7, 11) is 0. The van der Waals surface area contributed by atoms with Crippen LogP contribution in [-0.2, 0) is 6.18 Å². The van der Waals surface area contributed by atoms with Crippen LogP contribution in [-0.4, -0.2) is 20.2 Å². The highest BCUT2D eigenvalue weighted by Crippen LogP contribution is 2.33. The van der Waals surface area contributed by atoms with Crippen molar-refractivity contribution in [3.63, 3.8) is 0 Å². The Kier molecular flexibility index (Phi) is 2.88. The first kappa shape index (κ1) is 11.6. The number of hydrogen-bond acceptors (Lipinski definition) is 4. The molecule has 0 aromatic carbocycles. The van der Waals surface area contributed by atoms with E-state index in [0.717, 1.165) is 0 Å². The zero-order valence-corrected chi connectivity index (χ0v) is 8.84. The van der Waals surface area contributed by atoms with E-state index in [9.17, 15) is 13.2 Å². The highest BCUT2D eigenvalue weighted by Gasteiger charge is 2.34. The Balaban J connectivity index is 2.25. The van der Waals surface area contributed by atoms with Crippen LogP contribution in [0.25, 0.3) is 0 Å². The molecule has 0 aliphatic carbocycles. The van der Waals surface area contributed by atoms with E-state index in [1.807, 2.05) is 0 Å². The fourth-order valence-electron chi connectivity index (χ4n) is 1.06. The maximum atomic E-state index is 12.4. The second-order valence-electron chi connectivity index (χ2n) is 3.01. The molecule has 2 heterocycles. The minimum absolute atomic E-state index is 0.0376. The van der Waals surface area contributed by atoms with Crippen molar-refractivity contribution in [3.05, 3.63) is 29.3 Å². The van der Waals surface area contributed by atoms with Gasteiger partial charge in [0.2, 0.25) is 5.95 Å². The molecule has 0 saturated carbocycles. The van der Waals surface area contributed by atoms with Crippen molar-refractivity contribution in [1.29, 1.82) is 0 Å². The van der Waals surface area contributed by atoms with Crippen LogP contribution in [0, 0.1) is 0 Å². The third-order valence-electron chi connectivity index (χ3n) is 1.80. The number of hydrogen-bond donors (Lipinski definition) is 2. The molecule has 0 aliphatic rings. The number of nitrogens with zero attached hydrogens (tertiary/aromatic N) is 3. The summed E-state index contributed by atoms with van der Waals surface area (Å²) in [6, 6.07) is 0. The van der Waals surface area contributed by atoms with E-state index in [4.69, 9.17) is 11.6 Å². The summed E-state index contributed by atoms with van der Waals surface area (Å²) in [5, 5.41) is 8.14. The number of H-pyrrole nitrogens is 1. The first-order valence-corrected chi connectivity index (χ1v) is 4.70. The van der Waals surface area contributed by atoms with Gasteiger partial charge in [-0.15, -0.1) is 0 Å². The summed E-state index contributed by atoms with van der Waals surface area (Å²) in [5.41, 5.74) is -0.558. The summed E-state index contributed by atoms with van der Waals surface area (Å²) in [5.74, 6) is -0.0376. The maximum Gasteiger partial charge on any atom is 0.420 e. The molecule has 0 aliphatic heterocycles. The van der Waals surface area contributed by atoms with Gasteiger partial charge in [0.1, 0.15) is 10.7 Å². The third-order valence-corrected chi connectivity index (χ3v) is 2.09. The molecule has 2 N–H and O–H groups in total. The highest BCUT2D eigenvalue weighted by molar-refractivity contribution is 6.30. The quantitative estimate of drug-likeness (QED) is 0.818. The van der Waals surface area contributed by atoms with E-state index >= 15 is 0 Å². The van der Waals surface area contributed by atoms with Gasteiger partial charge in [0.15, 0.2) is 0 Å². The average molecular weight is 264 g/mol. The second-order valence-corrected chi connectivity index (χ2v) is 3.37. The van der Waals surface area contributed by atoms with Crippen LogP contribution in [0.4, 0.5) is 24.8 Å². The van der Waals surface area contributed by atoms with Crippen LogP contribution >= 0.6 is 11.6 Å². The van der Waals surface area contributed by atoms with Crippen molar-refractivity contribution in [3.8, 4) is 0 Å². The first-order chi connectivity index (χ1) is 7.97. The Morgan fingerprint density at radius 2 is 2.06 bits per heavy atom. The number of rotatable bonds is 2. The standard InChI is InChI=1S/C8H5ClF3N5/c9-6-5(8(10,11)12)3-13-7(17-6)16-4-1-14-15-2-4/h1-3H,(H,14,15)(H,13,16,17). The van der Waals surface area contributed by atoms with Gasteiger partial charge in [-0.2, -0.15) is 18.3 Å². The summed E-state index contributed by atoms with van der Waals surface area (Å²) < 4.78 is 37.1. The molecular weight excluding hydrogens is 259 g/mol. The molecule has 17 heavy (non-hydrogen) atoms. The molecule has 0 unspecified atom stereocenters. The van der Waals surface area contributed by atoms with E-state index in [-0.39, 0.29) is 5.95 Å². The van der Waals surface area contributed by atoms with Crippen LogP contribution in [0.15, 0.2) is 18.6 Å². The minimum atomic E-state index is -4.56. The van der Waals surface area contributed by atoms with Crippen LogP contribution in [0.1, 0.15) is 5.56 Å². The average Bonchev–Trinajstić information content (AvgIpc) is 2.68. The van der Waals surface area contributed by atoms with Gasteiger partial charge in [0.05, 0.1) is 11.9 Å². The van der Waals surface area contributed by atoms with Crippen molar-refractivity contribution >= 4 is 23.2 Å². The largest absolute Gasteiger partial charge is 0.420 e. The number of aromatic nitrogens is 4. The second kappa shape index (κ2) is 4.21. The Morgan fingerprint density at radius 1 is 1.29 bits per heavy atom. The van der Waals surface area contributed by atoms with Crippen molar-refractivity contribution in [2.45, 2.75) is 6.18 Å². The molecule has 0 radical (unpaired) electrons. The Morgan fingerprint density at radius 3 is 2.59 bits per heavy atom. The van der Waals surface area contributed by atoms with Crippen LogP contribution in [0.3, 0.4) is 0 Å². The Bertz CT molecular complexity index is 510. The molecule has 0 fully saturated rings. The lowest BCUT2D eigenvalue weighted by molar-refractivity contribution is -0.137. The Labute approximate surface area is 98.0 Å². The van der Waals surface area contributed by atoms with Gasteiger partial charge in [-0.25, -0.2) is 9.97 Å². The molecule has 9 heteroatoms. The third kappa shape index (κ3) is 2.64.